The molecule has 0 unspecified atom stereocenters. The van der Waals surface area contributed by atoms with E-state index >= 15 is 0 Å². The SMILES string of the molecule is C=C(C)C(=O)OCCCC[N+](CC)(CCC)CCC.O=S(=O)([N-]S(=O)(=O)C(F)(F)F)C(F)(F)F. The van der Waals surface area contributed by atoms with Gasteiger partial charge in [0.2, 0.25) is 0 Å². The number of hydrogen-bond donors (Lipinski definition) is 0. The highest BCUT2D eigenvalue weighted by molar-refractivity contribution is 8.13. The second-order valence-electron chi connectivity index (χ2n) is 7.37. The quantitative estimate of drug-likeness (QED) is 0.109. The van der Waals surface area contributed by atoms with Crippen LogP contribution in [0.15, 0.2) is 12.2 Å². The highest BCUT2D eigenvalue weighted by Gasteiger charge is 2.46. The van der Waals surface area contributed by atoms with Gasteiger partial charge in [-0.1, -0.05) is 20.4 Å². The van der Waals surface area contributed by atoms with E-state index in [-0.39, 0.29) is 5.97 Å². The third-order valence-corrected chi connectivity index (χ3v) is 7.20. The minimum absolute atomic E-state index is 0.265. The van der Waals surface area contributed by atoms with Crippen LogP contribution < -0.4 is 0 Å². The van der Waals surface area contributed by atoms with E-state index in [4.69, 9.17) is 4.74 Å². The molecule has 0 aliphatic rings. The maximum absolute atomic E-state index is 11.4. The zero-order chi connectivity index (χ0) is 27.4. The maximum atomic E-state index is 11.4. The van der Waals surface area contributed by atoms with Gasteiger partial charge >= 0.3 is 17.0 Å². The Morgan fingerprint density at radius 1 is 0.853 bits per heavy atom. The minimum Gasteiger partial charge on any atom is -0.462 e. The molecule has 0 heterocycles. The Morgan fingerprint density at radius 2 is 1.26 bits per heavy atom. The summed E-state index contributed by atoms with van der Waals surface area (Å²) in [5, 5.41) is 0. The molecule has 0 radical (unpaired) electrons. The highest BCUT2D eigenvalue weighted by Crippen LogP contribution is 2.36. The number of esters is 1. The first-order chi connectivity index (χ1) is 15.2. The van der Waals surface area contributed by atoms with Crippen molar-refractivity contribution < 1.29 is 57.2 Å². The zero-order valence-corrected chi connectivity index (χ0v) is 21.1. The Hall–Kier alpha value is -1.39. The summed E-state index contributed by atoms with van der Waals surface area (Å²) < 4.78 is 116. The standard InChI is InChI=1S/C16H32NO2.C2F6NO4S2/c1-6-11-17(8-3,12-7-2)13-9-10-14-19-16(18)15(4)5;3-1(4,5)14(10,11)9-15(12,13)2(6,7)8/h4,6-14H2,1-3,5H3;/q+1;-1. The maximum Gasteiger partial charge on any atom is 0.480 e. The van der Waals surface area contributed by atoms with Crippen molar-refractivity contribution in [1.29, 1.82) is 0 Å². The number of alkyl halides is 6. The molecule has 8 nitrogen and oxygen atoms in total. The lowest BCUT2D eigenvalue weighted by molar-refractivity contribution is -0.926. The van der Waals surface area contributed by atoms with Gasteiger partial charge in [-0.15, -0.1) is 0 Å². The number of sulfonamides is 2. The number of carbonyl (C=O) groups is 1. The summed E-state index contributed by atoms with van der Waals surface area (Å²) in [6.07, 6.45) is 4.54. The lowest BCUT2D eigenvalue weighted by Gasteiger charge is -2.37. The molecule has 0 atom stereocenters. The van der Waals surface area contributed by atoms with E-state index in [0.717, 1.165) is 17.0 Å². The average molecular weight is 551 g/mol. The lowest BCUT2D eigenvalue weighted by Crippen LogP contribution is -2.49. The Labute approximate surface area is 197 Å². The van der Waals surface area contributed by atoms with Gasteiger partial charge in [-0.05, 0) is 39.5 Å². The van der Waals surface area contributed by atoms with Crippen molar-refractivity contribution in [3.63, 3.8) is 0 Å². The third-order valence-electron chi connectivity index (χ3n) is 4.46. The van der Waals surface area contributed by atoms with Crippen molar-refractivity contribution in [3.05, 3.63) is 16.3 Å². The van der Waals surface area contributed by atoms with E-state index in [1.165, 1.54) is 43.5 Å². The third kappa shape index (κ3) is 12.4. The minimum atomic E-state index is -6.72. The molecule has 204 valence electrons. The number of carbonyl (C=O) groups excluding carboxylic acids is 1. The molecular formula is C18H32F6N2O6S2. The molecule has 0 aliphatic carbocycles. The molecule has 16 heteroatoms. The van der Waals surface area contributed by atoms with E-state index in [1.54, 1.807) is 6.92 Å². The van der Waals surface area contributed by atoms with Gasteiger partial charge in [-0.25, -0.2) is 21.6 Å². The molecule has 0 aliphatic heterocycles. The topological polar surface area (TPSA) is 109 Å². The molecule has 0 fully saturated rings. The molecule has 0 N–H and O–H groups in total. The second-order valence-corrected chi connectivity index (χ2v) is 10.8. The van der Waals surface area contributed by atoms with Gasteiger partial charge in [0, 0.05) is 5.57 Å². The van der Waals surface area contributed by atoms with E-state index in [1.807, 2.05) is 0 Å². The molecule has 0 aromatic carbocycles. The fraction of sp³-hybridized carbons (Fsp3) is 0.833. The monoisotopic (exact) mass is 550 g/mol. The first-order valence-electron chi connectivity index (χ1n) is 10.3. The summed E-state index contributed by atoms with van der Waals surface area (Å²) >= 11 is 0. The van der Waals surface area contributed by atoms with Crippen molar-refractivity contribution in [3.8, 4) is 0 Å². The van der Waals surface area contributed by atoms with Crippen LogP contribution >= 0.6 is 0 Å². The van der Waals surface area contributed by atoms with Crippen molar-refractivity contribution in [2.75, 3.05) is 32.8 Å². The Morgan fingerprint density at radius 3 is 1.56 bits per heavy atom. The van der Waals surface area contributed by atoms with Crippen LogP contribution in [0.1, 0.15) is 53.4 Å². The van der Waals surface area contributed by atoms with Crippen LogP contribution in [0, 0.1) is 0 Å². The molecular weight excluding hydrogens is 518 g/mol. The van der Waals surface area contributed by atoms with Crippen molar-refractivity contribution in [1.82, 2.24) is 0 Å². The molecule has 0 rings (SSSR count). The predicted octanol–water partition coefficient (Wildman–Crippen LogP) is 4.60. The zero-order valence-electron chi connectivity index (χ0n) is 19.5. The van der Waals surface area contributed by atoms with Crippen molar-refractivity contribution in [2.24, 2.45) is 0 Å². The molecule has 0 saturated carbocycles. The molecule has 0 saturated heterocycles. The summed E-state index contributed by atoms with van der Waals surface area (Å²) in [6, 6.07) is 0. The number of nitrogens with zero attached hydrogens (tertiary/aromatic N) is 2. The fourth-order valence-corrected chi connectivity index (χ4v) is 4.52. The first-order valence-corrected chi connectivity index (χ1v) is 13.1. The van der Waals surface area contributed by atoms with Gasteiger partial charge in [0.05, 0.1) is 32.8 Å². The van der Waals surface area contributed by atoms with Crippen LogP contribution in [-0.4, -0.2) is 71.1 Å². The Balaban J connectivity index is 0. The number of ether oxygens (including phenoxy) is 1. The summed E-state index contributed by atoms with van der Waals surface area (Å²) in [7, 11) is -13.4. The van der Waals surface area contributed by atoms with Gasteiger partial charge in [-0.3, -0.25) is 0 Å². The molecule has 0 aromatic heterocycles. The van der Waals surface area contributed by atoms with E-state index < -0.39 is 31.1 Å². The van der Waals surface area contributed by atoms with E-state index in [2.05, 4.69) is 27.4 Å². The van der Waals surface area contributed by atoms with E-state index in [0.29, 0.717) is 12.2 Å². The lowest BCUT2D eigenvalue weighted by atomic mass is 10.2. The Bertz CT molecular complexity index is 807. The van der Waals surface area contributed by atoms with Gasteiger partial charge in [0.15, 0.2) is 20.0 Å². The van der Waals surface area contributed by atoms with Crippen molar-refractivity contribution >= 4 is 26.0 Å². The number of rotatable bonds is 13. The molecule has 0 amide bonds. The smallest absolute Gasteiger partial charge is 0.462 e. The fourth-order valence-electron chi connectivity index (χ4n) is 2.81. The summed E-state index contributed by atoms with van der Waals surface area (Å²) in [6.45, 7) is 17.5. The van der Waals surface area contributed by atoms with Gasteiger partial charge in [0.1, 0.15) is 0 Å². The van der Waals surface area contributed by atoms with Gasteiger partial charge in [0.25, 0.3) is 0 Å². The number of halogens is 6. The normalized spacial score (nSPS) is 13.1. The first kappa shape index (κ1) is 34.8. The Kier molecular flexibility index (Phi) is 14.6. The number of quaternary nitrogens is 1. The second kappa shape index (κ2) is 14.2. The number of hydrogen-bond acceptors (Lipinski definition) is 6. The molecule has 0 spiro atoms. The van der Waals surface area contributed by atoms with E-state index in [9.17, 15) is 48.0 Å². The summed E-state index contributed by atoms with van der Waals surface area (Å²) in [5.41, 5.74) is -11.9. The van der Waals surface area contributed by atoms with Gasteiger partial charge < -0.3 is 13.3 Å². The van der Waals surface area contributed by atoms with Crippen LogP contribution in [0.25, 0.3) is 4.13 Å². The van der Waals surface area contributed by atoms with Crippen LogP contribution in [0.5, 0.6) is 0 Å². The van der Waals surface area contributed by atoms with Crippen LogP contribution in [0.3, 0.4) is 0 Å². The van der Waals surface area contributed by atoms with Crippen LogP contribution in [0.2, 0.25) is 0 Å². The molecule has 0 bridgehead atoms. The number of unbranched alkanes of at least 4 members (excludes halogenated alkanes) is 1. The van der Waals surface area contributed by atoms with Crippen molar-refractivity contribution in [2.45, 2.75) is 64.4 Å². The predicted molar refractivity (Wildman–Crippen MR) is 114 cm³/mol. The highest BCUT2D eigenvalue weighted by atomic mass is 32.3. The summed E-state index contributed by atoms with van der Waals surface area (Å²) in [5.74, 6) is -0.265. The average Bonchev–Trinajstić information content (AvgIpc) is 2.65. The molecule has 0 aromatic rings. The van der Waals surface area contributed by atoms with Crippen LogP contribution in [0.4, 0.5) is 26.3 Å². The van der Waals surface area contributed by atoms with Crippen LogP contribution in [-0.2, 0) is 29.6 Å². The largest absolute Gasteiger partial charge is 0.480 e. The summed E-state index contributed by atoms with van der Waals surface area (Å²) in [4.78, 5) is 11.2. The molecule has 34 heavy (non-hydrogen) atoms. The van der Waals surface area contributed by atoms with Gasteiger partial charge in [-0.2, -0.15) is 26.3 Å².